The van der Waals surface area contributed by atoms with Gasteiger partial charge in [-0.2, -0.15) is 5.10 Å². The molecular formula is C13H15N3O3. The molecule has 2 heterocycles. The molecule has 0 aromatic carbocycles. The van der Waals surface area contributed by atoms with E-state index < -0.39 is 5.97 Å². The molecule has 0 saturated carbocycles. The first kappa shape index (κ1) is 13.1. The number of hydrogen-bond acceptors (Lipinski definition) is 5. The minimum Gasteiger partial charge on any atom is -0.490 e. The van der Waals surface area contributed by atoms with Gasteiger partial charge in [0.25, 0.3) is 0 Å². The van der Waals surface area contributed by atoms with E-state index >= 15 is 0 Å². The summed E-state index contributed by atoms with van der Waals surface area (Å²) in [6.07, 6.45) is 4.66. The highest BCUT2D eigenvalue weighted by molar-refractivity contribution is 5.88. The lowest BCUT2D eigenvalue weighted by Crippen LogP contribution is -2.04. The maximum atomic E-state index is 11.6. The highest BCUT2D eigenvalue weighted by Crippen LogP contribution is 2.19. The molecule has 0 aliphatic rings. The molecule has 19 heavy (non-hydrogen) atoms. The molecule has 0 atom stereocenters. The van der Waals surface area contributed by atoms with Gasteiger partial charge in [-0.15, -0.1) is 0 Å². The molecule has 2 aromatic rings. The predicted octanol–water partition coefficient (Wildman–Crippen LogP) is 1.84. The van der Waals surface area contributed by atoms with Gasteiger partial charge in [-0.05, 0) is 26.0 Å². The fourth-order valence-electron chi connectivity index (χ4n) is 1.58. The quantitative estimate of drug-likeness (QED) is 0.768. The number of rotatable bonds is 5. The van der Waals surface area contributed by atoms with E-state index in [-0.39, 0.29) is 0 Å². The number of carbonyl (C=O) groups is 1. The van der Waals surface area contributed by atoms with Crippen LogP contribution < -0.4 is 4.74 Å². The van der Waals surface area contributed by atoms with E-state index in [0.717, 1.165) is 0 Å². The Kier molecular flexibility index (Phi) is 4.12. The molecule has 6 heteroatoms. The fourth-order valence-corrected chi connectivity index (χ4v) is 1.58. The van der Waals surface area contributed by atoms with Gasteiger partial charge < -0.3 is 9.47 Å². The Balaban J connectivity index is 2.30. The van der Waals surface area contributed by atoms with Crippen LogP contribution >= 0.6 is 0 Å². The Bertz CT molecular complexity index is 566. The van der Waals surface area contributed by atoms with Crippen molar-refractivity contribution in [2.45, 2.75) is 13.8 Å². The lowest BCUT2D eigenvalue weighted by Gasteiger charge is -2.07. The zero-order valence-corrected chi connectivity index (χ0v) is 10.9. The Labute approximate surface area is 111 Å². The van der Waals surface area contributed by atoms with E-state index in [1.807, 2.05) is 6.92 Å². The van der Waals surface area contributed by atoms with Crippen LogP contribution in [-0.4, -0.2) is 33.9 Å². The minimum absolute atomic E-state index is 0.331. The molecule has 0 unspecified atom stereocenters. The highest BCUT2D eigenvalue weighted by Gasteiger charge is 2.13. The molecule has 2 rings (SSSR count). The molecule has 0 spiro atoms. The molecular weight excluding hydrogens is 246 g/mol. The third-order valence-corrected chi connectivity index (χ3v) is 2.36. The molecule has 0 aliphatic carbocycles. The van der Waals surface area contributed by atoms with Crippen LogP contribution in [0.15, 0.2) is 30.7 Å². The van der Waals surface area contributed by atoms with Crippen LogP contribution in [0.1, 0.15) is 24.2 Å². The van der Waals surface area contributed by atoms with Crippen LogP contribution in [0.25, 0.3) is 5.82 Å². The van der Waals surface area contributed by atoms with Crippen LogP contribution in [0.3, 0.4) is 0 Å². The van der Waals surface area contributed by atoms with Crippen LogP contribution in [0.4, 0.5) is 0 Å². The van der Waals surface area contributed by atoms with Gasteiger partial charge in [0.15, 0.2) is 11.6 Å². The number of esters is 1. The van der Waals surface area contributed by atoms with Gasteiger partial charge in [-0.1, -0.05) is 0 Å². The Morgan fingerprint density at radius 1 is 1.37 bits per heavy atom. The summed E-state index contributed by atoms with van der Waals surface area (Å²) in [5.74, 6) is 0.756. The maximum absolute atomic E-state index is 11.6. The summed E-state index contributed by atoms with van der Waals surface area (Å²) in [5, 5.41) is 4.11. The molecule has 0 fully saturated rings. The third kappa shape index (κ3) is 2.90. The molecule has 0 amide bonds. The molecule has 0 N–H and O–H groups in total. The molecule has 0 saturated heterocycles. The van der Waals surface area contributed by atoms with Gasteiger partial charge >= 0.3 is 5.97 Å². The van der Waals surface area contributed by atoms with Gasteiger partial charge in [0.2, 0.25) is 0 Å². The number of pyridine rings is 1. The van der Waals surface area contributed by atoms with Crippen molar-refractivity contribution in [1.29, 1.82) is 0 Å². The summed E-state index contributed by atoms with van der Waals surface area (Å²) in [5.41, 5.74) is 0.384. The number of nitrogens with zero attached hydrogens (tertiary/aromatic N) is 3. The Hall–Kier alpha value is -2.37. The van der Waals surface area contributed by atoms with Crippen LogP contribution in [-0.2, 0) is 4.74 Å². The zero-order chi connectivity index (χ0) is 13.7. The first-order valence-corrected chi connectivity index (χ1v) is 6.06. The summed E-state index contributed by atoms with van der Waals surface area (Å²) >= 11 is 0. The average Bonchev–Trinajstić information content (AvgIpc) is 2.90. The van der Waals surface area contributed by atoms with E-state index in [2.05, 4.69) is 10.1 Å². The normalized spacial score (nSPS) is 10.2. The van der Waals surface area contributed by atoms with Gasteiger partial charge in [-0.3, -0.25) is 0 Å². The van der Waals surface area contributed by atoms with Gasteiger partial charge in [-0.25, -0.2) is 14.5 Å². The zero-order valence-electron chi connectivity index (χ0n) is 10.9. The van der Waals surface area contributed by atoms with Gasteiger partial charge in [0, 0.05) is 12.4 Å². The lowest BCUT2D eigenvalue weighted by molar-refractivity contribution is 0.0526. The third-order valence-electron chi connectivity index (χ3n) is 2.36. The minimum atomic E-state index is -0.400. The largest absolute Gasteiger partial charge is 0.490 e. The van der Waals surface area contributed by atoms with Crippen molar-refractivity contribution in [3.63, 3.8) is 0 Å². The number of aromatic nitrogens is 3. The van der Waals surface area contributed by atoms with E-state index in [4.69, 9.17) is 9.47 Å². The van der Waals surface area contributed by atoms with Crippen LogP contribution in [0.2, 0.25) is 0 Å². The monoisotopic (exact) mass is 261 g/mol. The number of ether oxygens (including phenoxy) is 2. The first-order chi connectivity index (χ1) is 9.26. The topological polar surface area (TPSA) is 66.2 Å². The van der Waals surface area contributed by atoms with Gasteiger partial charge in [0.1, 0.15) is 0 Å². The SMILES string of the molecule is CCOC(=O)c1cnn(-c2ncccc2OCC)c1. The first-order valence-electron chi connectivity index (χ1n) is 6.06. The molecule has 100 valence electrons. The fraction of sp³-hybridized carbons (Fsp3) is 0.308. The molecule has 6 nitrogen and oxygen atoms in total. The molecule has 0 radical (unpaired) electrons. The Morgan fingerprint density at radius 2 is 2.21 bits per heavy atom. The summed E-state index contributed by atoms with van der Waals surface area (Å²) in [4.78, 5) is 15.8. The van der Waals surface area contributed by atoms with Gasteiger partial charge in [0.05, 0.1) is 25.0 Å². The van der Waals surface area contributed by atoms with Crippen molar-refractivity contribution in [3.05, 3.63) is 36.3 Å². The second-order valence-corrected chi connectivity index (χ2v) is 3.65. The van der Waals surface area contributed by atoms with Crippen LogP contribution in [0.5, 0.6) is 5.75 Å². The van der Waals surface area contributed by atoms with Crippen LogP contribution in [0, 0.1) is 0 Å². The van der Waals surface area contributed by atoms with Crippen molar-refractivity contribution in [2.75, 3.05) is 13.2 Å². The van der Waals surface area contributed by atoms with E-state index in [9.17, 15) is 4.79 Å². The summed E-state index contributed by atoms with van der Waals surface area (Å²) in [6.45, 7) is 4.51. The summed E-state index contributed by atoms with van der Waals surface area (Å²) in [7, 11) is 0. The maximum Gasteiger partial charge on any atom is 0.341 e. The van der Waals surface area contributed by atoms with Crippen molar-refractivity contribution >= 4 is 5.97 Å². The lowest BCUT2D eigenvalue weighted by atomic mass is 10.4. The van der Waals surface area contributed by atoms with Crippen molar-refractivity contribution in [2.24, 2.45) is 0 Å². The van der Waals surface area contributed by atoms with Crippen molar-refractivity contribution in [3.8, 4) is 11.6 Å². The van der Waals surface area contributed by atoms with E-state index in [0.29, 0.717) is 30.3 Å². The van der Waals surface area contributed by atoms with Crippen molar-refractivity contribution < 1.29 is 14.3 Å². The number of hydrogen-bond donors (Lipinski definition) is 0. The summed E-state index contributed by atoms with van der Waals surface area (Å²) < 4.78 is 11.9. The van der Waals surface area contributed by atoms with E-state index in [1.54, 1.807) is 31.5 Å². The average molecular weight is 261 g/mol. The van der Waals surface area contributed by atoms with Crippen molar-refractivity contribution in [1.82, 2.24) is 14.8 Å². The standard InChI is InChI=1S/C13H15N3O3/c1-3-18-11-6-5-7-14-12(11)16-9-10(8-15-16)13(17)19-4-2/h5-9H,3-4H2,1-2H3. The molecule has 0 aliphatic heterocycles. The number of carbonyl (C=O) groups excluding carboxylic acids is 1. The predicted molar refractivity (Wildman–Crippen MR) is 68.5 cm³/mol. The highest BCUT2D eigenvalue weighted by atomic mass is 16.5. The summed E-state index contributed by atoms with van der Waals surface area (Å²) in [6, 6.07) is 3.59. The second-order valence-electron chi connectivity index (χ2n) is 3.65. The Morgan fingerprint density at radius 3 is 2.95 bits per heavy atom. The van der Waals surface area contributed by atoms with E-state index in [1.165, 1.54) is 10.9 Å². The second kappa shape index (κ2) is 5.99. The molecule has 0 bridgehead atoms. The molecule has 2 aromatic heterocycles. The smallest absolute Gasteiger partial charge is 0.341 e.